The number of aryl methyl sites for hydroxylation is 1. The molecule has 6 heteroatoms. The number of benzene rings is 1. The molecular weight excluding hydrogens is 268 g/mol. The number of nitrogens with one attached hydrogen (secondary N) is 1. The highest BCUT2D eigenvalue weighted by Crippen LogP contribution is 2.19. The molecule has 0 radical (unpaired) electrons. The van der Waals surface area contributed by atoms with Crippen molar-refractivity contribution in [2.24, 2.45) is 11.7 Å². The molecule has 0 aliphatic heterocycles. The number of anilines is 2. The molecule has 21 heavy (non-hydrogen) atoms. The van der Waals surface area contributed by atoms with Crippen LogP contribution in [0.3, 0.4) is 0 Å². The molecular formula is C15H24N4O2. The van der Waals surface area contributed by atoms with Gasteiger partial charge >= 0.3 is 0 Å². The maximum absolute atomic E-state index is 12.1. The van der Waals surface area contributed by atoms with Crippen LogP contribution < -0.4 is 16.8 Å². The number of nitrogen functional groups attached to an aromatic ring is 1. The molecule has 0 spiro atoms. The largest absolute Gasteiger partial charge is 0.397 e. The highest BCUT2D eigenvalue weighted by Gasteiger charge is 2.15. The van der Waals surface area contributed by atoms with Gasteiger partial charge in [0.25, 0.3) is 0 Å². The van der Waals surface area contributed by atoms with Crippen LogP contribution in [0.25, 0.3) is 0 Å². The van der Waals surface area contributed by atoms with Crippen LogP contribution in [0, 0.1) is 12.8 Å². The van der Waals surface area contributed by atoms with Crippen molar-refractivity contribution in [3.8, 4) is 0 Å². The monoisotopic (exact) mass is 292 g/mol. The molecule has 0 aliphatic rings. The fourth-order valence-corrected chi connectivity index (χ4v) is 2.11. The van der Waals surface area contributed by atoms with E-state index >= 15 is 0 Å². The van der Waals surface area contributed by atoms with Crippen molar-refractivity contribution in [2.75, 3.05) is 30.7 Å². The third-order valence-corrected chi connectivity index (χ3v) is 2.85. The Morgan fingerprint density at radius 1 is 1.29 bits per heavy atom. The normalized spacial score (nSPS) is 10.9. The minimum absolute atomic E-state index is 0.0645. The van der Waals surface area contributed by atoms with Crippen LogP contribution in [0.4, 0.5) is 11.4 Å². The Labute approximate surface area is 125 Å². The van der Waals surface area contributed by atoms with Crippen LogP contribution in [-0.2, 0) is 9.59 Å². The highest BCUT2D eigenvalue weighted by molar-refractivity contribution is 5.95. The summed E-state index contributed by atoms with van der Waals surface area (Å²) in [6, 6.07) is 5.44. The summed E-state index contributed by atoms with van der Waals surface area (Å²) in [5.41, 5.74) is 13.2. The Morgan fingerprint density at radius 2 is 1.95 bits per heavy atom. The van der Waals surface area contributed by atoms with Gasteiger partial charge in [-0.1, -0.05) is 19.9 Å². The van der Waals surface area contributed by atoms with Gasteiger partial charge in [0.1, 0.15) is 0 Å². The number of amides is 2. The lowest BCUT2D eigenvalue weighted by Gasteiger charge is -2.22. The van der Waals surface area contributed by atoms with Crippen molar-refractivity contribution in [3.63, 3.8) is 0 Å². The van der Waals surface area contributed by atoms with E-state index < -0.39 is 5.91 Å². The second-order valence-electron chi connectivity index (χ2n) is 5.67. The molecule has 0 saturated carbocycles. The number of hydrogen-bond donors (Lipinski definition) is 3. The van der Waals surface area contributed by atoms with Gasteiger partial charge in [-0.2, -0.15) is 0 Å². The van der Waals surface area contributed by atoms with E-state index in [4.69, 9.17) is 11.5 Å². The zero-order chi connectivity index (χ0) is 16.0. The molecule has 0 fully saturated rings. The van der Waals surface area contributed by atoms with Crippen LogP contribution in [0.15, 0.2) is 18.2 Å². The second kappa shape index (κ2) is 7.64. The lowest BCUT2D eigenvalue weighted by atomic mass is 10.2. The third kappa shape index (κ3) is 6.27. The van der Waals surface area contributed by atoms with E-state index in [1.54, 1.807) is 17.0 Å². The SMILES string of the molecule is Cc1ccc(NC(=O)CN(CC(N)=O)CC(C)C)c(N)c1. The Kier molecular flexibility index (Phi) is 6.17. The first-order valence-electron chi connectivity index (χ1n) is 6.94. The molecule has 2 amide bonds. The van der Waals surface area contributed by atoms with E-state index in [2.05, 4.69) is 5.32 Å². The number of carbonyl (C=O) groups is 2. The Bertz CT molecular complexity index is 514. The van der Waals surface area contributed by atoms with Crippen molar-refractivity contribution in [3.05, 3.63) is 23.8 Å². The predicted molar refractivity (Wildman–Crippen MR) is 84.7 cm³/mol. The molecule has 0 bridgehead atoms. The summed E-state index contributed by atoms with van der Waals surface area (Å²) < 4.78 is 0. The summed E-state index contributed by atoms with van der Waals surface area (Å²) in [6.07, 6.45) is 0. The lowest BCUT2D eigenvalue weighted by molar-refractivity contribution is -0.121. The van der Waals surface area contributed by atoms with E-state index in [1.807, 2.05) is 26.8 Å². The molecule has 0 heterocycles. The van der Waals surface area contributed by atoms with Crippen LogP contribution >= 0.6 is 0 Å². The standard InChI is InChI=1S/C15H24N4O2/c1-10(2)7-19(8-14(17)20)9-15(21)18-13-5-4-11(3)6-12(13)16/h4-6,10H,7-9,16H2,1-3H3,(H2,17,20)(H,18,21). The van der Waals surface area contributed by atoms with Gasteiger partial charge in [-0.05, 0) is 30.5 Å². The number of nitrogens with zero attached hydrogens (tertiary/aromatic N) is 1. The minimum Gasteiger partial charge on any atom is -0.397 e. The van der Waals surface area contributed by atoms with E-state index in [9.17, 15) is 9.59 Å². The summed E-state index contributed by atoms with van der Waals surface area (Å²) >= 11 is 0. The number of rotatable bonds is 7. The van der Waals surface area contributed by atoms with Gasteiger partial charge in [-0.3, -0.25) is 14.5 Å². The van der Waals surface area contributed by atoms with E-state index in [0.717, 1.165) is 5.56 Å². The summed E-state index contributed by atoms with van der Waals surface area (Å²) in [4.78, 5) is 24.8. The molecule has 1 rings (SSSR count). The molecule has 6 nitrogen and oxygen atoms in total. The van der Waals surface area contributed by atoms with Gasteiger partial charge in [0.05, 0.1) is 24.5 Å². The molecule has 0 atom stereocenters. The number of carbonyl (C=O) groups excluding carboxylic acids is 2. The first-order chi connectivity index (χ1) is 9.77. The van der Waals surface area contributed by atoms with Crippen molar-refractivity contribution < 1.29 is 9.59 Å². The predicted octanol–water partition coefficient (Wildman–Crippen LogP) is 0.959. The topological polar surface area (TPSA) is 101 Å². The molecule has 0 saturated heterocycles. The molecule has 116 valence electrons. The van der Waals surface area contributed by atoms with Gasteiger partial charge < -0.3 is 16.8 Å². The second-order valence-corrected chi connectivity index (χ2v) is 5.67. The van der Waals surface area contributed by atoms with E-state index in [0.29, 0.717) is 23.8 Å². The zero-order valence-electron chi connectivity index (χ0n) is 12.8. The fraction of sp³-hybridized carbons (Fsp3) is 0.467. The Hall–Kier alpha value is -2.08. The quantitative estimate of drug-likeness (QED) is 0.651. The molecule has 1 aromatic carbocycles. The molecule has 5 N–H and O–H groups in total. The summed E-state index contributed by atoms with van der Waals surface area (Å²) in [5.74, 6) is -0.327. The molecule has 0 aromatic heterocycles. The molecule has 0 aliphatic carbocycles. The van der Waals surface area contributed by atoms with Crippen molar-refractivity contribution in [1.29, 1.82) is 0 Å². The van der Waals surface area contributed by atoms with Gasteiger partial charge in [0.2, 0.25) is 11.8 Å². The molecule has 0 unspecified atom stereocenters. The maximum Gasteiger partial charge on any atom is 0.238 e. The van der Waals surface area contributed by atoms with Crippen LogP contribution in [0.2, 0.25) is 0 Å². The van der Waals surface area contributed by atoms with E-state index in [-0.39, 0.29) is 19.0 Å². The van der Waals surface area contributed by atoms with Crippen molar-refractivity contribution in [2.45, 2.75) is 20.8 Å². The minimum atomic E-state index is -0.446. The summed E-state index contributed by atoms with van der Waals surface area (Å²) in [5, 5.41) is 2.76. The third-order valence-electron chi connectivity index (χ3n) is 2.85. The van der Waals surface area contributed by atoms with Gasteiger partial charge in [0.15, 0.2) is 0 Å². The number of hydrogen-bond acceptors (Lipinski definition) is 4. The summed E-state index contributed by atoms with van der Waals surface area (Å²) in [7, 11) is 0. The first kappa shape index (κ1) is 17.0. The van der Waals surface area contributed by atoms with Gasteiger partial charge in [-0.25, -0.2) is 0 Å². The fourth-order valence-electron chi connectivity index (χ4n) is 2.11. The number of nitrogens with two attached hydrogens (primary N) is 2. The zero-order valence-corrected chi connectivity index (χ0v) is 12.8. The highest BCUT2D eigenvalue weighted by atomic mass is 16.2. The number of primary amides is 1. The maximum atomic E-state index is 12.1. The van der Waals surface area contributed by atoms with Crippen molar-refractivity contribution >= 4 is 23.2 Å². The molecule has 1 aromatic rings. The van der Waals surface area contributed by atoms with E-state index in [1.165, 1.54) is 0 Å². The van der Waals surface area contributed by atoms with Crippen LogP contribution in [0.1, 0.15) is 19.4 Å². The smallest absolute Gasteiger partial charge is 0.238 e. The van der Waals surface area contributed by atoms with Crippen molar-refractivity contribution in [1.82, 2.24) is 4.90 Å². The first-order valence-corrected chi connectivity index (χ1v) is 6.94. The Balaban J connectivity index is 2.66. The summed E-state index contributed by atoms with van der Waals surface area (Å²) in [6.45, 7) is 6.76. The van der Waals surface area contributed by atoms with Gasteiger partial charge in [-0.15, -0.1) is 0 Å². The average molecular weight is 292 g/mol. The van der Waals surface area contributed by atoms with Gasteiger partial charge in [0, 0.05) is 6.54 Å². The van der Waals surface area contributed by atoms with Crippen LogP contribution in [-0.4, -0.2) is 36.3 Å². The lowest BCUT2D eigenvalue weighted by Crippen LogP contribution is -2.41. The Morgan fingerprint density at radius 3 is 2.48 bits per heavy atom. The van der Waals surface area contributed by atoms with Crippen LogP contribution in [0.5, 0.6) is 0 Å². The average Bonchev–Trinajstić information content (AvgIpc) is 2.30.